The largest absolute Gasteiger partial charge is 0.372 e. The normalized spacial score (nSPS) is 11.4. The summed E-state index contributed by atoms with van der Waals surface area (Å²) in [6.07, 6.45) is 6.29. The molecule has 128 valence electrons. The minimum absolute atomic E-state index is 1.04. The fraction of sp³-hybridized carbons (Fsp3) is 0.261. The molecule has 0 N–H and O–H groups in total. The van der Waals surface area contributed by atoms with Gasteiger partial charge in [0.1, 0.15) is 0 Å². The monoisotopic (exact) mass is 330 g/mol. The van der Waals surface area contributed by atoms with E-state index in [0.29, 0.717) is 0 Å². The molecular weight excluding hydrogens is 304 g/mol. The van der Waals surface area contributed by atoms with Crippen molar-refractivity contribution in [3.63, 3.8) is 0 Å². The van der Waals surface area contributed by atoms with E-state index in [-0.39, 0.29) is 0 Å². The van der Waals surface area contributed by atoms with E-state index in [1.54, 1.807) is 0 Å². The van der Waals surface area contributed by atoms with E-state index in [2.05, 4.69) is 86.1 Å². The molecule has 0 aliphatic rings. The molecule has 0 spiro atoms. The Morgan fingerprint density at radius 2 is 1.60 bits per heavy atom. The number of hydrogen-bond donors (Lipinski definition) is 0. The van der Waals surface area contributed by atoms with Crippen LogP contribution in [0.3, 0.4) is 0 Å². The SMILES string of the molecule is CCN(CC)c1cc(C)c(C=Cc2ccnc3ccccc23)cc1C. The van der Waals surface area contributed by atoms with E-state index in [1.165, 1.54) is 33.3 Å². The van der Waals surface area contributed by atoms with Crippen molar-refractivity contribution >= 4 is 28.7 Å². The van der Waals surface area contributed by atoms with Gasteiger partial charge in [-0.1, -0.05) is 30.4 Å². The number of aromatic nitrogens is 1. The number of para-hydroxylation sites is 1. The van der Waals surface area contributed by atoms with Crippen LogP contribution in [0.1, 0.15) is 36.1 Å². The summed E-state index contributed by atoms with van der Waals surface area (Å²) < 4.78 is 0. The van der Waals surface area contributed by atoms with Crippen LogP contribution in [0.2, 0.25) is 0 Å². The van der Waals surface area contributed by atoms with E-state index in [1.807, 2.05) is 12.3 Å². The van der Waals surface area contributed by atoms with Gasteiger partial charge in [0.2, 0.25) is 0 Å². The molecule has 3 aromatic rings. The third-order valence-corrected chi connectivity index (χ3v) is 4.81. The number of benzene rings is 2. The Bertz CT molecular complexity index is 900. The maximum Gasteiger partial charge on any atom is 0.0707 e. The first-order valence-corrected chi connectivity index (χ1v) is 9.02. The van der Waals surface area contributed by atoms with Gasteiger partial charge in [-0.05, 0) is 74.2 Å². The predicted octanol–water partition coefficient (Wildman–Crippen LogP) is 5.87. The smallest absolute Gasteiger partial charge is 0.0707 e. The predicted molar refractivity (Wildman–Crippen MR) is 110 cm³/mol. The average molecular weight is 330 g/mol. The van der Waals surface area contributed by atoms with Crippen LogP contribution in [0.4, 0.5) is 5.69 Å². The van der Waals surface area contributed by atoms with Crippen LogP contribution in [0.15, 0.2) is 48.7 Å². The second-order valence-electron chi connectivity index (χ2n) is 6.42. The van der Waals surface area contributed by atoms with Crippen molar-refractivity contribution in [3.05, 3.63) is 70.9 Å². The molecule has 1 heterocycles. The van der Waals surface area contributed by atoms with Crippen LogP contribution in [0.25, 0.3) is 23.1 Å². The molecule has 0 radical (unpaired) electrons. The third-order valence-electron chi connectivity index (χ3n) is 4.81. The summed E-state index contributed by atoms with van der Waals surface area (Å²) in [4.78, 5) is 6.85. The highest BCUT2D eigenvalue weighted by molar-refractivity contribution is 5.90. The third kappa shape index (κ3) is 3.58. The van der Waals surface area contributed by atoms with Crippen molar-refractivity contribution in [1.82, 2.24) is 4.98 Å². The van der Waals surface area contributed by atoms with Crippen LogP contribution in [-0.2, 0) is 0 Å². The fourth-order valence-electron chi connectivity index (χ4n) is 3.35. The van der Waals surface area contributed by atoms with Crippen LogP contribution in [0, 0.1) is 13.8 Å². The van der Waals surface area contributed by atoms with Gasteiger partial charge in [-0.3, -0.25) is 4.98 Å². The second kappa shape index (κ2) is 7.52. The zero-order chi connectivity index (χ0) is 17.8. The van der Waals surface area contributed by atoms with Crippen molar-refractivity contribution in [2.24, 2.45) is 0 Å². The Morgan fingerprint density at radius 3 is 2.36 bits per heavy atom. The van der Waals surface area contributed by atoms with Gasteiger partial charge in [-0.15, -0.1) is 0 Å². The van der Waals surface area contributed by atoms with Gasteiger partial charge in [0, 0.05) is 30.4 Å². The number of hydrogen-bond acceptors (Lipinski definition) is 2. The van der Waals surface area contributed by atoms with Crippen molar-refractivity contribution in [2.45, 2.75) is 27.7 Å². The summed E-state index contributed by atoms with van der Waals surface area (Å²) in [5, 5.41) is 1.19. The Balaban J connectivity index is 1.97. The molecule has 2 heteroatoms. The Morgan fingerprint density at radius 1 is 0.880 bits per heavy atom. The van der Waals surface area contributed by atoms with E-state index in [4.69, 9.17) is 0 Å². The Hall–Kier alpha value is -2.61. The highest BCUT2D eigenvalue weighted by atomic mass is 15.1. The summed E-state index contributed by atoms with van der Waals surface area (Å²) in [6.45, 7) is 10.9. The molecule has 0 saturated carbocycles. The van der Waals surface area contributed by atoms with Crippen LogP contribution < -0.4 is 4.90 Å². The van der Waals surface area contributed by atoms with Gasteiger partial charge in [0.25, 0.3) is 0 Å². The molecule has 25 heavy (non-hydrogen) atoms. The molecule has 0 aliphatic carbocycles. The first-order chi connectivity index (χ1) is 12.1. The highest BCUT2D eigenvalue weighted by Crippen LogP contribution is 2.26. The summed E-state index contributed by atoms with van der Waals surface area (Å²) in [5.74, 6) is 0. The first kappa shape index (κ1) is 17.2. The number of pyridine rings is 1. The second-order valence-corrected chi connectivity index (χ2v) is 6.42. The summed E-state index contributed by atoms with van der Waals surface area (Å²) in [5.41, 5.74) is 7.49. The summed E-state index contributed by atoms with van der Waals surface area (Å²) in [7, 11) is 0. The summed E-state index contributed by atoms with van der Waals surface area (Å²) in [6, 6.07) is 15.0. The first-order valence-electron chi connectivity index (χ1n) is 9.02. The molecule has 0 unspecified atom stereocenters. The quantitative estimate of drug-likeness (QED) is 0.582. The van der Waals surface area contributed by atoms with Gasteiger partial charge in [0.15, 0.2) is 0 Å². The molecule has 0 amide bonds. The molecular formula is C23H26N2. The molecule has 2 aromatic carbocycles. The average Bonchev–Trinajstić information content (AvgIpc) is 2.64. The maximum absolute atomic E-state index is 4.44. The minimum atomic E-state index is 1.04. The lowest BCUT2D eigenvalue weighted by atomic mass is 10.0. The van der Waals surface area contributed by atoms with Crippen molar-refractivity contribution < 1.29 is 0 Å². The topological polar surface area (TPSA) is 16.1 Å². The molecule has 0 bridgehead atoms. The number of nitrogens with zero attached hydrogens (tertiary/aromatic N) is 2. The molecule has 2 nitrogen and oxygen atoms in total. The van der Waals surface area contributed by atoms with Crippen LogP contribution in [0.5, 0.6) is 0 Å². The Kier molecular flexibility index (Phi) is 5.18. The van der Waals surface area contributed by atoms with Gasteiger partial charge >= 0.3 is 0 Å². The molecule has 1 aromatic heterocycles. The van der Waals surface area contributed by atoms with E-state index in [9.17, 15) is 0 Å². The maximum atomic E-state index is 4.44. The minimum Gasteiger partial charge on any atom is -0.372 e. The van der Waals surface area contributed by atoms with E-state index < -0.39 is 0 Å². The van der Waals surface area contributed by atoms with Crippen molar-refractivity contribution in [2.75, 3.05) is 18.0 Å². The zero-order valence-electron chi connectivity index (χ0n) is 15.6. The van der Waals surface area contributed by atoms with Gasteiger partial charge in [0.05, 0.1) is 5.52 Å². The van der Waals surface area contributed by atoms with Crippen LogP contribution in [-0.4, -0.2) is 18.1 Å². The van der Waals surface area contributed by atoms with Crippen LogP contribution >= 0.6 is 0 Å². The lowest BCUT2D eigenvalue weighted by molar-refractivity contribution is 0.861. The van der Waals surface area contributed by atoms with E-state index >= 15 is 0 Å². The standard InChI is InChI=1S/C23H26N2/c1-5-25(6-2)23-16-17(3)20(15-18(23)4)12-11-19-13-14-24-22-10-8-7-9-21(19)22/h7-16H,5-6H2,1-4H3. The number of rotatable bonds is 5. The lowest BCUT2D eigenvalue weighted by Crippen LogP contribution is -2.22. The van der Waals surface area contributed by atoms with Gasteiger partial charge in [-0.2, -0.15) is 0 Å². The molecule has 3 rings (SSSR count). The summed E-state index contributed by atoms with van der Waals surface area (Å²) >= 11 is 0. The molecule has 0 aliphatic heterocycles. The van der Waals surface area contributed by atoms with Gasteiger partial charge in [-0.25, -0.2) is 0 Å². The highest BCUT2D eigenvalue weighted by Gasteiger charge is 2.08. The Labute approximate surface area is 150 Å². The van der Waals surface area contributed by atoms with Gasteiger partial charge < -0.3 is 4.90 Å². The molecule has 0 atom stereocenters. The number of anilines is 1. The number of fused-ring (bicyclic) bond motifs is 1. The molecule has 0 saturated heterocycles. The van der Waals surface area contributed by atoms with Crippen molar-refractivity contribution in [1.29, 1.82) is 0 Å². The lowest BCUT2D eigenvalue weighted by Gasteiger charge is -2.24. The molecule has 0 fully saturated rings. The number of aryl methyl sites for hydroxylation is 2. The zero-order valence-corrected chi connectivity index (χ0v) is 15.6. The fourth-order valence-corrected chi connectivity index (χ4v) is 3.35. The van der Waals surface area contributed by atoms with Crippen molar-refractivity contribution in [3.8, 4) is 0 Å². The van der Waals surface area contributed by atoms with E-state index in [0.717, 1.165) is 18.6 Å².